The molecule has 106 valence electrons. The number of aryl methyl sites for hydroxylation is 1. The lowest BCUT2D eigenvalue weighted by molar-refractivity contribution is -0.121. The molecule has 0 aliphatic rings. The molecular weight excluding hydrogens is 244 g/mol. The van der Waals surface area contributed by atoms with Gasteiger partial charge in [0.2, 0.25) is 11.9 Å². The number of hydrogen-bond acceptors (Lipinski definition) is 6. The van der Waals surface area contributed by atoms with Gasteiger partial charge in [-0.15, -0.1) is 0 Å². The third-order valence-corrected chi connectivity index (χ3v) is 2.66. The number of carbonyl (C=O) groups excluding carboxylic acids is 1. The van der Waals surface area contributed by atoms with Gasteiger partial charge >= 0.3 is 0 Å². The summed E-state index contributed by atoms with van der Waals surface area (Å²) < 4.78 is 0. The second kappa shape index (κ2) is 7.52. The molecule has 0 fully saturated rings. The maximum absolute atomic E-state index is 11.6. The van der Waals surface area contributed by atoms with E-state index in [0.29, 0.717) is 24.7 Å². The van der Waals surface area contributed by atoms with E-state index in [1.54, 1.807) is 6.07 Å². The summed E-state index contributed by atoms with van der Waals surface area (Å²) in [5.41, 5.74) is 3.20. The van der Waals surface area contributed by atoms with Crippen molar-refractivity contribution in [3.8, 4) is 0 Å². The molecule has 7 nitrogen and oxygen atoms in total. The van der Waals surface area contributed by atoms with E-state index in [9.17, 15) is 4.79 Å². The van der Waals surface area contributed by atoms with E-state index in [-0.39, 0.29) is 11.9 Å². The van der Waals surface area contributed by atoms with Crippen molar-refractivity contribution in [3.63, 3.8) is 0 Å². The second-order valence-corrected chi connectivity index (χ2v) is 4.42. The fourth-order valence-electron chi connectivity index (χ4n) is 1.48. The van der Waals surface area contributed by atoms with Gasteiger partial charge in [0.1, 0.15) is 5.82 Å². The van der Waals surface area contributed by atoms with Crippen LogP contribution >= 0.6 is 0 Å². The Morgan fingerprint density at radius 2 is 2.21 bits per heavy atom. The number of nitrogens with one attached hydrogen (secondary N) is 3. The van der Waals surface area contributed by atoms with Crippen LogP contribution in [0.3, 0.4) is 0 Å². The Labute approximate surface area is 113 Å². The van der Waals surface area contributed by atoms with E-state index in [2.05, 4.69) is 26.0 Å². The fraction of sp³-hybridized carbons (Fsp3) is 0.583. The van der Waals surface area contributed by atoms with Gasteiger partial charge in [-0.3, -0.25) is 10.2 Å². The summed E-state index contributed by atoms with van der Waals surface area (Å²) in [7, 11) is 0. The summed E-state index contributed by atoms with van der Waals surface area (Å²) in [5, 5.41) is 5.98. The molecule has 7 heteroatoms. The van der Waals surface area contributed by atoms with Crippen molar-refractivity contribution in [3.05, 3.63) is 11.8 Å². The molecule has 1 atom stereocenters. The molecule has 0 aliphatic carbocycles. The molecule has 1 rings (SSSR count). The monoisotopic (exact) mass is 266 g/mol. The molecule has 0 bridgehead atoms. The van der Waals surface area contributed by atoms with Crippen LogP contribution in [0.2, 0.25) is 0 Å². The summed E-state index contributed by atoms with van der Waals surface area (Å²) in [5.74, 6) is 6.30. The molecule has 0 aromatic carbocycles. The van der Waals surface area contributed by atoms with Gasteiger partial charge < -0.3 is 10.6 Å². The van der Waals surface area contributed by atoms with Gasteiger partial charge in [-0.1, -0.05) is 6.92 Å². The van der Waals surface area contributed by atoms with Gasteiger partial charge in [0.15, 0.2) is 0 Å². The number of nitrogens with two attached hydrogens (primary N) is 1. The Kier molecular flexibility index (Phi) is 6.01. The normalized spacial score (nSPS) is 11.8. The summed E-state index contributed by atoms with van der Waals surface area (Å²) in [4.78, 5) is 19.8. The average Bonchev–Trinajstić information content (AvgIpc) is 2.37. The highest BCUT2D eigenvalue weighted by Crippen LogP contribution is 2.08. The van der Waals surface area contributed by atoms with Gasteiger partial charge in [0.25, 0.3) is 0 Å². The first-order chi connectivity index (χ1) is 9.05. The molecule has 0 aliphatic heterocycles. The van der Waals surface area contributed by atoms with Crippen LogP contribution in [0.15, 0.2) is 6.07 Å². The maximum atomic E-state index is 11.6. The van der Waals surface area contributed by atoms with Gasteiger partial charge in [-0.25, -0.2) is 10.8 Å². The van der Waals surface area contributed by atoms with E-state index < -0.39 is 0 Å². The van der Waals surface area contributed by atoms with Crippen molar-refractivity contribution < 1.29 is 4.79 Å². The van der Waals surface area contributed by atoms with Crippen molar-refractivity contribution in [1.29, 1.82) is 0 Å². The van der Waals surface area contributed by atoms with E-state index in [1.807, 2.05) is 20.8 Å². The Bertz CT molecular complexity index is 423. The topological polar surface area (TPSA) is 105 Å². The van der Waals surface area contributed by atoms with Crippen LogP contribution in [0.1, 0.15) is 32.4 Å². The van der Waals surface area contributed by atoms with Crippen LogP contribution in [0.25, 0.3) is 0 Å². The number of carbonyl (C=O) groups is 1. The molecule has 0 saturated carbocycles. The van der Waals surface area contributed by atoms with Crippen molar-refractivity contribution in [2.75, 3.05) is 17.3 Å². The number of hydrazine groups is 1. The number of aromatic nitrogens is 2. The van der Waals surface area contributed by atoms with Gasteiger partial charge in [0.05, 0.1) is 0 Å². The lowest BCUT2D eigenvalue weighted by atomic mass is 10.2. The third-order valence-electron chi connectivity index (χ3n) is 2.66. The molecule has 0 radical (unpaired) electrons. The fourth-order valence-corrected chi connectivity index (χ4v) is 1.48. The minimum absolute atomic E-state index is 0.0322. The predicted molar refractivity (Wildman–Crippen MR) is 75.6 cm³/mol. The Hall–Kier alpha value is -1.89. The minimum atomic E-state index is 0.0322. The molecule has 1 aromatic heterocycles. The van der Waals surface area contributed by atoms with E-state index >= 15 is 0 Å². The minimum Gasteiger partial charge on any atom is -0.369 e. The number of hydrogen-bond donors (Lipinski definition) is 4. The Balaban J connectivity index is 2.40. The summed E-state index contributed by atoms with van der Waals surface area (Å²) in [6.07, 6.45) is 1.33. The zero-order valence-electron chi connectivity index (χ0n) is 11.7. The number of anilines is 2. The van der Waals surface area contributed by atoms with Crippen LogP contribution in [-0.4, -0.2) is 28.5 Å². The van der Waals surface area contributed by atoms with Crippen LogP contribution in [-0.2, 0) is 4.79 Å². The van der Waals surface area contributed by atoms with Gasteiger partial charge in [0, 0.05) is 30.8 Å². The average molecular weight is 266 g/mol. The standard InChI is InChI=1S/C12H22N6O/c1-4-8(2)15-11(19)5-6-14-10-7-9(3)16-12(17-10)18-13/h7-8H,4-6,13H2,1-3H3,(H,15,19)(H2,14,16,17,18). The second-order valence-electron chi connectivity index (χ2n) is 4.42. The number of amides is 1. The third kappa shape index (κ3) is 5.52. The predicted octanol–water partition coefficient (Wildman–Crippen LogP) is 0.787. The SMILES string of the molecule is CCC(C)NC(=O)CCNc1cc(C)nc(NN)n1. The molecule has 5 N–H and O–H groups in total. The van der Waals surface area contributed by atoms with Crippen LogP contribution in [0.4, 0.5) is 11.8 Å². The largest absolute Gasteiger partial charge is 0.369 e. The lowest BCUT2D eigenvalue weighted by Gasteiger charge is -2.12. The molecule has 1 heterocycles. The highest BCUT2D eigenvalue weighted by molar-refractivity contribution is 5.76. The maximum Gasteiger partial charge on any atom is 0.239 e. The van der Waals surface area contributed by atoms with Gasteiger partial charge in [-0.2, -0.15) is 4.98 Å². The Morgan fingerprint density at radius 1 is 1.47 bits per heavy atom. The van der Waals surface area contributed by atoms with E-state index in [0.717, 1.165) is 12.1 Å². The first-order valence-corrected chi connectivity index (χ1v) is 6.40. The number of nitrogens with zero attached hydrogens (tertiary/aromatic N) is 2. The summed E-state index contributed by atoms with van der Waals surface area (Å²) >= 11 is 0. The number of rotatable bonds is 7. The zero-order chi connectivity index (χ0) is 14.3. The van der Waals surface area contributed by atoms with Crippen molar-refractivity contribution in [2.24, 2.45) is 5.84 Å². The molecule has 0 saturated heterocycles. The molecule has 1 aromatic rings. The van der Waals surface area contributed by atoms with Crippen LogP contribution < -0.4 is 21.9 Å². The van der Waals surface area contributed by atoms with E-state index in [1.165, 1.54) is 0 Å². The molecule has 1 amide bonds. The molecule has 1 unspecified atom stereocenters. The summed E-state index contributed by atoms with van der Waals surface area (Å²) in [6, 6.07) is 2.01. The molecule has 0 spiro atoms. The van der Waals surface area contributed by atoms with E-state index in [4.69, 9.17) is 5.84 Å². The molecular formula is C12H22N6O. The lowest BCUT2D eigenvalue weighted by Crippen LogP contribution is -2.33. The highest BCUT2D eigenvalue weighted by Gasteiger charge is 2.05. The smallest absolute Gasteiger partial charge is 0.239 e. The first-order valence-electron chi connectivity index (χ1n) is 6.40. The number of nitrogen functional groups attached to an aromatic ring is 1. The van der Waals surface area contributed by atoms with Crippen molar-refractivity contribution in [2.45, 2.75) is 39.7 Å². The van der Waals surface area contributed by atoms with Gasteiger partial charge in [-0.05, 0) is 20.3 Å². The highest BCUT2D eigenvalue weighted by atomic mass is 16.1. The summed E-state index contributed by atoms with van der Waals surface area (Å²) in [6.45, 7) is 6.39. The van der Waals surface area contributed by atoms with Crippen molar-refractivity contribution in [1.82, 2.24) is 15.3 Å². The zero-order valence-corrected chi connectivity index (χ0v) is 11.7. The van der Waals surface area contributed by atoms with Crippen LogP contribution in [0, 0.1) is 6.92 Å². The quantitative estimate of drug-likeness (QED) is 0.429. The first kappa shape index (κ1) is 15.2. The molecule has 19 heavy (non-hydrogen) atoms. The Morgan fingerprint density at radius 3 is 2.84 bits per heavy atom. The van der Waals surface area contributed by atoms with Crippen LogP contribution in [0.5, 0.6) is 0 Å². The van der Waals surface area contributed by atoms with Crippen molar-refractivity contribution >= 4 is 17.7 Å².